The number of cyclic esters (lactones) is 1. The van der Waals surface area contributed by atoms with E-state index in [1.54, 1.807) is 7.11 Å². The van der Waals surface area contributed by atoms with Gasteiger partial charge in [-0.2, -0.15) is 0 Å². The van der Waals surface area contributed by atoms with Crippen molar-refractivity contribution in [3.8, 4) is 5.75 Å². The molecule has 0 aromatic heterocycles. The Morgan fingerprint density at radius 2 is 1.67 bits per heavy atom. The third-order valence-electron chi connectivity index (χ3n) is 6.56. The molecule has 188 valence electrons. The third-order valence-corrected chi connectivity index (χ3v) is 6.56. The molecule has 0 radical (unpaired) electrons. The summed E-state index contributed by atoms with van der Waals surface area (Å²) in [6, 6.07) is 27.4. The Kier molecular flexibility index (Phi) is 8.74. The van der Waals surface area contributed by atoms with Gasteiger partial charge in [0.2, 0.25) is 5.91 Å². The maximum atomic E-state index is 13.2. The average Bonchev–Trinajstić information content (AvgIpc) is 3.28. The number of amides is 2. The molecule has 2 amide bonds. The topological polar surface area (TPSA) is 65.1 Å². The molecule has 1 aliphatic rings. The number of hydrogen-bond acceptors (Lipinski definition) is 5. The number of carbonyl (C=O) groups is 2. The molecule has 6 nitrogen and oxygen atoms in total. The van der Waals surface area contributed by atoms with E-state index in [1.165, 1.54) is 4.90 Å². The van der Waals surface area contributed by atoms with Crippen molar-refractivity contribution in [2.75, 3.05) is 13.7 Å². The maximum absolute atomic E-state index is 13.2. The van der Waals surface area contributed by atoms with Crippen molar-refractivity contribution in [3.05, 3.63) is 102 Å². The Balaban J connectivity index is 1.34. The Hall–Kier alpha value is -3.64. The first-order chi connectivity index (χ1) is 17.5. The van der Waals surface area contributed by atoms with E-state index in [0.717, 1.165) is 22.4 Å². The van der Waals surface area contributed by atoms with Gasteiger partial charge in [-0.15, -0.1) is 0 Å². The summed E-state index contributed by atoms with van der Waals surface area (Å²) in [6.07, 6.45) is 1.05. The second-order valence-corrected chi connectivity index (χ2v) is 9.18. The summed E-state index contributed by atoms with van der Waals surface area (Å²) in [6.45, 7) is 2.58. The smallest absolute Gasteiger partial charge is 0.416 e. The summed E-state index contributed by atoms with van der Waals surface area (Å²) in [7, 11) is 1.67. The molecule has 0 N–H and O–H groups in total. The van der Waals surface area contributed by atoms with Gasteiger partial charge in [0, 0.05) is 13.0 Å². The minimum absolute atomic E-state index is 0.189. The van der Waals surface area contributed by atoms with Crippen LogP contribution in [0.4, 0.5) is 4.79 Å². The highest BCUT2D eigenvalue weighted by atomic mass is 16.6. The predicted octanol–water partition coefficient (Wildman–Crippen LogP) is 5.96. The van der Waals surface area contributed by atoms with Gasteiger partial charge in [-0.3, -0.25) is 4.79 Å². The summed E-state index contributed by atoms with van der Waals surface area (Å²) in [5, 5.41) is 0. The van der Waals surface area contributed by atoms with Crippen LogP contribution >= 0.6 is 0 Å². The molecule has 0 saturated carbocycles. The van der Waals surface area contributed by atoms with Crippen LogP contribution in [0.25, 0.3) is 0 Å². The van der Waals surface area contributed by atoms with Crippen molar-refractivity contribution >= 4 is 12.0 Å². The molecule has 1 fully saturated rings. The Labute approximate surface area is 212 Å². The van der Waals surface area contributed by atoms with E-state index in [1.807, 2.05) is 91.9 Å². The van der Waals surface area contributed by atoms with Gasteiger partial charge in [0.15, 0.2) is 0 Å². The monoisotopic (exact) mass is 487 g/mol. The fourth-order valence-corrected chi connectivity index (χ4v) is 4.50. The van der Waals surface area contributed by atoms with Gasteiger partial charge in [-0.05, 0) is 48.1 Å². The summed E-state index contributed by atoms with van der Waals surface area (Å²) >= 11 is 0. The predicted molar refractivity (Wildman–Crippen MR) is 137 cm³/mol. The molecule has 6 heteroatoms. The normalized spacial score (nSPS) is 16.9. The molecule has 3 atom stereocenters. The first-order valence-electron chi connectivity index (χ1n) is 12.4. The zero-order chi connectivity index (χ0) is 25.3. The molecule has 3 aromatic rings. The van der Waals surface area contributed by atoms with Crippen molar-refractivity contribution in [1.29, 1.82) is 0 Å². The van der Waals surface area contributed by atoms with E-state index in [-0.39, 0.29) is 30.6 Å². The average molecular weight is 488 g/mol. The standard InChI is InChI=1S/C30H33NO5/c1-22(29(32)31-26(21-36-30(31)33)18-23-10-5-3-6-11-23)16-17-28(34-2)25-14-9-15-27(19-25)35-20-24-12-7-4-8-13-24/h3-15,19,22,26,28H,16-18,20-21H2,1-2H3/t22-,26-,28-/m0/s1. The lowest BCUT2D eigenvalue weighted by Crippen LogP contribution is -2.43. The molecule has 0 unspecified atom stereocenters. The van der Waals surface area contributed by atoms with Gasteiger partial charge < -0.3 is 14.2 Å². The van der Waals surface area contributed by atoms with Crippen molar-refractivity contribution in [2.45, 2.75) is 44.9 Å². The van der Waals surface area contributed by atoms with Crippen LogP contribution in [-0.2, 0) is 27.3 Å². The molecule has 0 aliphatic carbocycles. The van der Waals surface area contributed by atoms with Gasteiger partial charge in [0.05, 0.1) is 12.1 Å². The highest BCUT2D eigenvalue weighted by molar-refractivity contribution is 5.94. The molecule has 1 aliphatic heterocycles. The zero-order valence-electron chi connectivity index (χ0n) is 20.8. The lowest BCUT2D eigenvalue weighted by Gasteiger charge is -2.24. The van der Waals surface area contributed by atoms with Crippen LogP contribution in [0.3, 0.4) is 0 Å². The maximum Gasteiger partial charge on any atom is 0.416 e. The number of ether oxygens (including phenoxy) is 3. The molecular formula is C30H33NO5. The lowest BCUT2D eigenvalue weighted by molar-refractivity contribution is -0.133. The van der Waals surface area contributed by atoms with Crippen molar-refractivity contribution in [1.82, 2.24) is 4.90 Å². The highest BCUT2D eigenvalue weighted by Crippen LogP contribution is 2.29. The first kappa shape index (κ1) is 25.5. The van der Waals surface area contributed by atoms with Crippen LogP contribution in [0.15, 0.2) is 84.9 Å². The van der Waals surface area contributed by atoms with Gasteiger partial charge >= 0.3 is 6.09 Å². The Bertz CT molecular complexity index is 1130. The number of methoxy groups -OCH3 is 1. The second kappa shape index (κ2) is 12.4. The number of carbonyl (C=O) groups excluding carboxylic acids is 2. The molecule has 1 saturated heterocycles. The van der Waals surface area contributed by atoms with Gasteiger partial charge in [-0.25, -0.2) is 9.69 Å². The van der Waals surface area contributed by atoms with Crippen molar-refractivity contribution in [2.24, 2.45) is 5.92 Å². The minimum atomic E-state index is -0.556. The second-order valence-electron chi connectivity index (χ2n) is 9.18. The van der Waals surface area contributed by atoms with Gasteiger partial charge in [-0.1, -0.05) is 79.7 Å². The number of imide groups is 1. The molecule has 36 heavy (non-hydrogen) atoms. The Morgan fingerprint density at radius 1 is 0.972 bits per heavy atom. The van der Waals surface area contributed by atoms with E-state index in [2.05, 4.69) is 0 Å². The van der Waals surface area contributed by atoms with E-state index < -0.39 is 6.09 Å². The number of nitrogens with zero attached hydrogens (tertiary/aromatic N) is 1. The van der Waals surface area contributed by atoms with Crippen LogP contribution in [0.1, 0.15) is 42.6 Å². The Morgan fingerprint density at radius 3 is 2.36 bits per heavy atom. The molecule has 1 heterocycles. The first-order valence-corrected chi connectivity index (χ1v) is 12.4. The van der Waals surface area contributed by atoms with Gasteiger partial charge in [0.1, 0.15) is 19.0 Å². The molecule has 3 aromatic carbocycles. The fourth-order valence-electron chi connectivity index (χ4n) is 4.50. The largest absolute Gasteiger partial charge is 0.489 e. The summed E-state index contributed by atoms with van der Waals surface area (Å²) in [5.74, 6) is 0.225. The number of benzene rings is 3. The summed E-state index contributed by atoms with van der Waals surface area (Å²) in [5.41, 5.74) is 3.16. The molecular weight excluding hydrogens is 454 g/mol. The number of rotatable bonds is 11. The number of hydrogen-bond donors (Lipinski definition) is 0. The third kappa shape index (κ3) is 6.52. The van der Waals surface area contributed by atoms with E-state index in [0.29, 0.717) is 25.9 Å². The van der Waals surface area contributed by atoms with Crippen LogP contribution < -0.4 is 4.74 Å². The van der Waals surface area contributed by atoms with E-state index in [4.69, 9.17) is 14.2 Å². The van der Waals surface area contributed by atoms with Gasteiger partial charge in [0.25, 0.3) is 0 Å². The van der Waals surface area contributed by atoms with Crippen LogP contribution in [-0.4, -0.2) is 36.7 Å². The quantitative estimate of drug-likeness (QED) is 0.334. The van der Waals surface area contributed by atoms with Crippen LogP contribution in [0, 0.1) is 5.92 Å². The van der Waals surface area contributed by atoms with Crippen LogP contribution in [0.5, 0.6) is 5.75 Å². The minimum Gasteiger partial charge on any atom is -0.489 e. The fraction of sp³-hybridized carbons (Fsp3) is 0.333. The SMILES string of the molecule is CO[C@@H](CC[C@H](C)C(=O)N1C(=O)OC[C@@H]1Cc1ccccc1)c1cccc(OCc2ccccc2)c1. The van der Waals surface area contributed by atoms with Crippen molar-refractivity contribution < 1.29 is 23.8 Å². The summed E-state index contributed by atoms with van der Waals surface area (Å²) in [4.78, 5) is 26.9. The zero-order valence-corrected chi connectivity index (χ0v) is 20.8. The lowest BCUT2D eigenvalue weighted by atomic mass is 9.96. The molecule has 0 spiro atoms. The summed E-state index contributed by atoms with van der Waals surface area (Å²) < 4.78 is 17.0. The van der Waals surface area contributed by atoms with E-state index in [9.17, 15) is 9.59 Å². The van der Waals surface area contributed by atoms with Crippen LogP contribution in [0.2, 0.25) is 0 Å². The highest BCUT2D eigenvalue weighted by Gasteiger charge is 2.39. The molecule has 4 rings (SSSR count). The molecule has 0 bridgehead atoms. The van der Waals surface area contributed by atoms with Crippen molar-refractivity contribution in [3.63, 3.8) is 0 Å². The van der Waals surface area contributed by atoms with E-state index >= 15 is 0 Å².